The molecule has 2 aromatic rings. The SMILES string of the molecule is CN(C)C1=NC(=O)[C@]2(CCc3ncccc32)c2cc(C(C)(F)F)ccc21. The molecular formula is C20H19F2N3O. The fraction of sp³-hybridized carbons (Fsp3) is 0.350. The summed E-state index contributed by atoms with van der Waals surface area (Å²) in [5.41, 5.74) is 1.82. The number of nitrogens with zero attached hydrogens (tertiary/aromatic N) is 3. The number of carbonyl (C=O) groups is 1. The van der Waals surface area contributed by atoms with Gasteiger partial charge in [0.15, 0.2) is 0 Å². The third kappa shape index (κ3) is 2.21. The fourth-order valence-electron chi connectivity index (χ4n) is 4.04. The number of alkyl halides is 2. The van der Waals surface area contributed by atoms with Crippen molar-refractivity contribution in [2.24, 2.45) is 4.99 Å². The van der Waals surface area contributed by atoms with Crippen LogP contribution in [0, 0.1) is 0 Å². The van der Waals surface area contributed by atoms with Crippen LogP contribution in [-0.4, -0.2) is 35.7 Å². The number of carbonyl (C=O) groups excluding carboxylic acids is 1. The quantitative estimate of drug-likeness (QED) is 0.789. The number of rotatable bonds is 1. The van der Waals surface area contributed by atoms with Gasteiger partial charge in [0.25, 0.3) is 11.8 Å². The number of hydrogen-bond acceptors (Lipinski definition) is 3. The number of aliphatic imine (C=N–C) groups is 1. The lowest BCUT2D eigenvalue weighted by Gasteiger charge is -2.35. The number of hydrogen-bond donors (Lipinski definition) is 0. The minimum atomic E-state index is -2.98. The predicted molar refractivity (Wildman–Crippen MR) is 94.6 cm³/mol. The molecule has 1 aromatic carbocycles. The van der Waals surface area contributed by atoms with Gasteiger partial charge in [-0.25, -0.2) is 8.78 Å². The monoisotopic (exact) mass is 355 g/mol. The number of aromatic nitrogens is 1. The molecule has 134 valence electrons. The van der Waals surface area contributed by atoms with Crippen LogP contribution >= 0.6 is 0 Å². The molecule has 0 saturated heterocycles. The zero-order chi connectivity index (χ0) is 18.7. The number of aryl methyl sites for hydroxylation is 1. The number of halogens is 2. The highest BCUT2D eigenvalue weighted by Gasteiger charge is 2.51. The topological polar surface area (TPSA) is 45.6 Å². The van der Waals surface area contributed by atoms with Gasteiger partial charge in [0.2, 0.25) is 0 Å². The van der Waals surface area contributed by atoms with E-state index in [2.05, 4.69) is 9.98 Å². The lowest BCUT2D eigenvalue weighted by molar-refractivity contribution is -0.122. The average molecular weight is 355 g/mol. The Hall–Kier alpha value is -2.63. The molecule has 1 aromatic heterocycles. The van der Waals surface area contributed by atoms with Crippen molar-refractivity contribution in [2.45, 2.75) is 31.1 Å². The summed E-state index contributed by atoms with van der Waals surface area (Å²) >= 11 is 0. The maximum atomic E-state index is 14.0. The van der Waals surface area contributed by atoms with Crippen molar-refractivity contribution in [3.8, 4) is 0 Å². The van der Waals surface area contributed by atoms with Crippen LogP contribution in [0.3, 0.4) is 0 Å². The van der Waals surface area contributed by atoms with E-state index >= 15 is 0 Å². The van der Waals surface area contributed by atoms with Crippen LogP contribution in [-0.2, 0) is 22.6 Å². The second kappa shape index (κ2) is 5.43. The molecule has 2 heterocycles. The van der Waals surface area contributed by atoms with E-state index in [0.717, 1.165) is 23.7 Å². The van der Waals surface area contributed by atoms with Crippen LogP contribution in [0.5, 0.6) is 0 Å². The highest BCUT2D eigenvalue weighted by atomic mass is 19.3. The smallest absolute Gasteiger partial charge is 0.270 e. The molecule has 0 saturated carbocycles. The molecule has 1 aliphatic heterocycles. The van der Waals surface area contributed by atoms with E-state index in [-0.39, 0.29) is 11.5 Å². The Kier molecular flexibility index (Phi) is 3.51. The van der Waals surface area contributed by atoms with Crippen molar-refractivity contribution in [2.75, 3.05) is 14.1 Å². The molecule has 4 nitrogen and oxygen atoms in total. The number of amides is 1. The number of fused-ring (bicyclic) bond motifs is 4. The Morgan fingerprint density at radius 3 is 2.65 bits per heavy atom. The molecule has 1 amide bonds. The van der Waals surface area contributed by atoms with Gasteiger partial charge >= 0.3 is 0 Å². The summed E-state index contributed by atoms with van der Waals surface area (Å²) in [6.45, 7) is 0.872. The summed E-state index contributed by atoms with van der Waals surface area (Å²) in [6, 6.07) is 8.20. The maximum Gasteiger partial charge on any atom is 0.270 e. The van der Waals surface area contributed by atoms with Gasteiger partial charge in [-0.05, 0) is 36.1 Å². The van der Waals surface area contributed by atoms with Gasteiger partial charge in [-0.3, -0.25) is 9.78 Å². The molecule has 1 aliphatic carbocycles. The molecule has 0 fully saturated rings. The Bertz CT molecular complexity index is 946. The first kappa shape index (κ1) is 16.8. The molecule has 0 N–H and O–H groups in total. The molecule has 0 radical (unpaired) electrons. The fourth-order valence-corrected chi connectivity index (χ4v) is 4.04. The van der Waals surface area contributed by atoms with Crippen LogP contribution in [0.2, 0.25) is 0 Å². The van der Waals surface area contributed by atoms with Gasteiger partial charge < -0.3 is 4.90 Å². The van der Waals surface area contributed by atoms with E-state index in [0.29, 0.717) is 24.2 Å². The van der Waals surface area contributed by atoms with Crippen molar-refractivity contribution in [1.29, 1.82) is 0 Å². The summed E-state index contributed by atoms with van der Waals surface area (Å²) in [5, 5.41) is 0. The summed E-state index contributed by atoms with van der Waals surface area (Å²) < 4.78 is 28.0. The zero-order valence-electron chi connectivity index (χ0n) is 14.9. The molecule has 1 atom stereocenters. The van der Waals surface area contributed by atoms with Gasteiger partial charge in [0.1, 0.15) is 11.3 Å². The summed E-state index contributed by atoms with van der Waals surface area (Å²) in [5.74, 6) is -2.79. The average Bonchev–Trinajstić information content (AvgIpc) is 2.98. The second-order valence-corrected chi connectivity index (χ2v) is 7.19. The standard InChI is InChI=1S/C20H19F2N3O/c1-19(21,22)12-6-7-13-15(11-12)20(18(26)24-17(13)25(2)3)9-8-16-14(20)5-4-10-23-16/h4-7,10-11H,8-9H2,1-3H3/t20-/m0/s1. The molecule has 4 rings (SSSR count). The molecular weight excluding hydrogens is 336 g/mol. The predicted octanol–water partition coefficient (Wildman–Crippen LogP) is 3.27. The van der Waals surface area contributed by atoms with E-state index in [1.165, 1.54) is 12.1 Å². The largest absolute Gasteiger partial charge is 0.362 e. The highest BCUT2D eigenvalue weighted by Crippen LogP contribution is 2.48. The Morgan fingerprint density at radius 2 is 1.96 bits per heavy atom. The van der Waals surface area contributed by atoms with Crippen molar-refractivity contribution in [1.82, 2.24) is 9.88 Å². The van der Waals surface area contributed by atoms with Crippen LogP contribution in [0.15, 0.2) is 41.5 Å². The second-order valence-electron chi connectivity index (χ2n) is 7.19. The Morgan fingerprint density at radius 1 is 1.19 bits per heavy atom. The molecule has 0 unspecified atom stereocenters. The van der Waals surface area contributed by atoms with Gasteiger partial charge in [0, 0.05) is 44.0 Å². The first-order chi connectivity index (χ1) is 12.2. The first-order valence-electron chi connectivity index (χ1n) is 8.53. The third-order valence-electron chi connectivity index (χ3n) is 5.31. The Balaban J connectivity index is 2.04. The first-order valence-corrected chi connectivity index (χ1v) is 8.53. The van der Waals surface area contributed by atoms with E-state index in [9.17, 15) is 13.6 Å². The van der Waals surface area contributed by atoms with Crippen molar-refractivity contribution < 1.29 is 13.6 Å². The number of pyridine rings is 1. The van der Waals surface area contributed by atoms with E-state index < -0.39 is 11.3 Å². The minimum Gasteiger partial charge on any atom is -0.362 e. The summed E-state index contributed by atoms with van der Waals surface area (Å²) in [4.78, 5) is 23.7. The highest BCUT2D eigenvalue weighted by molar-refractivity contribution is 6.14. The number of benzene rings is 1. The van der Waals surface area contributed by atoms with Crippen molar-refractivity contribution in [3.05, 3.63) is 64.5 Å². The summed E-state index contributed by atoms with van der Waals surface area (Å²) in [6.07, 6.45) is 2.81. The zero-order valence-corrected chi connectivity index (χ0v) is 14.9. The van der Waals surface area contributed by atoms with Crippen molar-refractivity contribution >= 4 is 11.7 Å². The van der Waals surface area contributed by atoms with E-state index in [1.807, 2.05) is 6.07 Å². The minimum absolute atomic E-state index is 0.0965. The van der Waals surface area contributed by atoms with Crippen LogP contribution in [0.4, 0.5) is 8.78 Å². The Labute approximate surface area is 150 Å². The van der Waals surface area contributed by atoms with E-state index in [1.54, 1.807) is 37.3 Å². The maximum absolute atomic E-state index is 14.0. The third-order valence-corrected chi connectivity index (χ3v) is 5.31. The van der Waals surface area contributed by atoms with Crippen LogP contribution in [0.1, 0.15) is 41.3 Å². The molecule has 26 heavy (non-hydrogen) atoms. The van der Waals surface area contributed by atoms with Gasteiger partial charge in [-0.1, -0.05) is 18.2 Å². The molecule has 6 heteroatoms. The molecule has 1 spiro atoms. The van der Waals surface area contributed by atoms with Crippen molar-refractivity contribution in [3.63, 3.8) is 0 Å². The van der Waals surface area contributed by atoms with Crippen LogP contribution in [0.25, 0.3) is 0 Å². The van der Waals surface area contributed by atoms with Gasteiger partial charge in [-0.2, -0.15) is 4.99 Å². The molecule has 0 bridgehead atoms. The normalized spacial score (nSPS) is 21.4. The van der Waals surface area contributed by atoms with E-state index in [4.69, 9.17) is 0 Å². The van der Waals surface area contributed by atoms with Gasteiger partial charge in [0.05, 0.1) is 0 Å². The molecule has 2 aliphatic rings. The lowest BCUT2D eigenvalue weighted by atomic mass is 9.71. The lowest BCUT2D eigenvalue weighted by Crippen LogP contribution is -2.42. The van der Waals surface area contributed by atoms with Crippen LogP contribution < -0.4 is 0 Å². The number of amidine groups is 1. The van der Waals surface area contributed by atoms with Gasteiger partial charge in [-0.15, -0.1) is 0 Å². The summed E-state index contributed by atoms with van der Waals surface area (Å²) in [7, 11) is 3.58.